The number of rotatable bonds is 8. The number of fused-ring (bicyclic) bond motifs is 1. The van der Waals surface area contributed by atoms with Crippen LogP contribution in [0.15, 0.2) is 48.5 Å². The number of benzene rings is 2. The van der Waals surface area contributed by atoms with Crippen molar-refractivity contribution < 1.29 is 24.3 Å². The standard InChI is InChI=1S/C22H22N2O5/c1-2-3-11-24-20(26)16-10-9-15(12-17(16)21(24)27)19(25)23-13-18(22(28)29)14-7-5-4-6-8-14/h4-10,12,18H,2-3,11,13H2,1H3,(H,23,25)(H,28,29). The van der Waals surface area contributed by atoms with Crippen molar-refractivity contribution >= 4 is 23.7 Å². The van der Waals surface area contributed by atoms with Crippen LogP contribution in [-0.2, 0) is 4.79 Å². The lowest BCUT2D eigenvalue weighted by atomic mass is 9.99. The minimum absolute atomic E-state index is 0.0925. The Balaban J connectivity index is 1.73. The van der Waals surface area contributed by atoms with Gasteiger partial charge >= 0.3 is 5.97 Å². The minimum Gasteiger partial charge on any atom is -0.481 e. The second-order valence-corrected chi connectivity index (χ2v) is 6.89. The SMILES string of the molecule is CCCCN1C(=O)c2ccc(C(=O)NCC(C(=O)O)c3ccccc3)cc2C1=O. The number of unbranched alkanes of at least 4 members (excludes halogenated alkanes) is 1. The van der Waals surface area contributed by atoms with E-state index in [2.05, 4.69) is 5.32 Å². The highest BCUT2D eigenvalue weighted by atomic mass is 16.4. The number of aliphatic carboxylic acids is 1. The molecule has 1 aliphatic heterocycles. The molecular weight excluding hydrogens is 372 g/mol. The Labute approximate surface area is 168 Å². The van der Waals surface area contributed by atoms with Crippen LogP contribution >= 0.6 is 0 Å². The van der Waals surface area contributed by atoms with E-state index in [1.807, 2.05) is 6.92 Å². The molecule has 2 N–H and O–H groups in total. The van der Waals surface area contributed by atoms with Gasteiger partial charge in [-0.3, -0.25) is 24.1 Å². The smallest absolute Gasteiger partial charge is 0.312 e. The predicted octanol–water partition coefficient (Wildman–Crippen LogP) is 2.68. The molecule has 0 saturated heterocycles. The van der Waals surface area contributed by atoms with Crippen molar-refractivity contribution in [3.05, 3.63) is 70.8 Å². The first-order valence-corrected chi connectivity index (χ1v) is 9.50. The zero-order valence-electron chi connectivity index (χ0n) is 16.1. The highest BCUT2D eigenvalue weighted by Crippen LogP contribution is 2.24. The van der Waals surface area contributed by atoms with Crippen LogP contribution in [0.1, 0.15) is 62.3 Å². The van der Waals surface area contributed by atoms with Crippen LogP contribution < -0.4 is 5.32 Å². The van der Waals surface area contributed by atoms with Crippen LogP contribution in [0.2, 0.25) is 0 Å². The Morgan fingerprint density at radius 3 is 2.38 bits per heavy atom. The van der Waals surface area contributed by atoms with Crippen LogP contribution in [0.5, 0.6) is 0 Å². The Morgan fingerprint density at radius 1 is 1.03 bits per heavy atom. The maximum absolute atomic E-state index is 12.5. The van der Waals surface area contributed by atoms with Crippen LogP contribution in [0.4, 0.5) is 0 Å². The minimum atomic E-state index is -1.04. The van der Waals surface area contributed by atoms with Crippen molar-refractivity contribution in [2.75, 3.05) is 13.1 Å². The van der Waals surface area contributed by atoms with Gasteiger partial charge in [0.05, 0.1) is 17.0 Å². The van der Waals surface area contributed by atoms with Gasteiger partial charge in [0.15, 0.2) is 0 Å². The van der Waals surface area contributed by atoms with E-state index >= 15 is 0 Å². The number of carbonyl (C=O) groups excluding carboxylic acids is 3. The van der Waals surface area contributed by atoms with Gasteiger partial charge in [0.2, 0.25) is 0 Å². The summed E-state index contributed by atoms with van der Waals surface area (Å²) in [5, 5.41) is 12.1. The van der Waals surface area contributed by atoms with Crippen molar-refractivity contribution in [3.63, 3.8) is 0 Å². The Kier molecular flexibility index (Phi) is 6.07. The summed E-state index contributed by atoms with van der Waals surface area (Å²) in [4.78, 5) is 50.2. The van der Waals surface area contributed by atoms with E-state index in [0.717, 1.165) is 12.8 Å². The first-order valence-electron chi connectivity index (χ1n) is 9.50. The molecule has 1 aliphatic rings. The molecule has 1 heterocycles. The van der Waals surface area contributed by atoms with Gasteiger partial charge in [0.25, 0.3) is 17.7 Å². The zero-order valence-corrected chi connectivity index (χ0v) is 16.1. The van der Waals surface area contributed by atoms with Crippen molar-refractivity contribution in [2.24, 2.45) is 0 Å². The summed E-state index contributed by atoms with van der Waals surface area (Å²) in [6.07, 6.45) is 1.57. The van der Waals surface area contributed by atoms with Gasteiger partial charge in [0.1, 0.15) is 0 Å². The second-order valence-electron chi connectivity index (χ2n) is 6.89. The maximum atomic E-state index is 12.5. The summed E-state index contributed by atoms with van der Waals surface area (Å²) >= 11 is 0. The van der Waals surface area contributed by atoms with E-state index in [1.54, 1.807) is 30.3 Å². The van der Waals surface area contributed by atoms with Gasteiger partial charge in [0, 0.05) is 18.7 Å². The third-order valence-electron chi connectivity index (χ3n) is 4.93. The van der Waals surface area contributed by atoms with Crippen molar-refractivity contribution in [2.45, 2.75) is 25.7 Å². The zero-order chi connectivity index (χ0) is 21.0. The first kappa shape index (κ1) is 20.3. The molecule has 0 aliphatic carbocycles. The monoisotopic (exact) mass is 394 g/mol. The number of nitrogens with zero attached hydrogens (tertiary/aromatic N) is 1. The molecule has 1 unspecified atom stereocenters. The Bertz CT molecular complexity index is 955. The average molecular weight is 394 g/mol. The summed E-state index contributed by atoms with van der Waals surface area (Å²) in [6, 6.07) is 13.0. The number of hydrogen-bond acceptors (Lipinski definition) is 4. The summed E-state index contributed by atoms with van der Waals surface area (Å²) in [5.41, 5.74) is 1.29. The molecule has 3 rings (SSSR count). The van der Waals surface area contributed by atoms with Gasteiger partial charge < -0.3 is 10.4 Å². The lowest BCUT2D eigenvalue weighted by Crippen LogP contribution is -2.32. The first-order chi connectivity index (χ1) is 13.9. The molecule has 2 aromatic rings. The third-order valence-corrected chi connectivity index (χ3v) is 4.93. The molecule has 29 heavy (non-hydrogen) atoms. The fourth-order valence-corrected chi connectivity index (χ4v) is 3.28. The van der Waals surface area contributed by atoms with Crippen molar-refractivity contribution in [1.29, 1.82) is 0 Å². The van der Waals surface area contributed by atoms with Crippen molar-refractivity contribution in [1.82, 2.24) is 10.2 Å². The molecule has 0 radical (unpaired) electrons. The number of hydrogen-bond donors (Lipinski definition) is 2. The maximum Gasteiger partial charge on any atom is 0.312 e. The van der Waals surface area contributed by atoms with E-state index < -0.39 is 23.7 Å². The fourth-order valence-electron chi connectivity index (χ4n) is 3.28. The summed E-state index contributed by atoms with van der Waals surface area (Å²) < 4.78 is 0. The lowest BCUT2D eigenvalue weighted by molar-refractivity contribution is -0.138. The predicted molar refractivity (Wildman–Crippen MR) is 106 cm³/mol. The molecule has 0 aromatic heterocycles. The van der Waals surface area contributed by atoms with Gasteiger partial charge in [-0.2, -0.15) is 0 Å². The molecule has 3 amide bonds. The molecule has 150 valence electrons. The molecule has 7 heteroatoms. The second kappa shape index (κ2) is 8.68. The van der Waals surface area contributed by atoms with Crippen molar-refractivity contribution in [3.8, 4) is 0 Å². The van der Waals surface area contributed by atoms with Gasteiger partial charge in [-0.25, -0.2) is 0 Å². The lowest BCUT2D eigenvalue weighted by Gasteiger charge is -2.14. The van der Waals surface area contributed by atoms with Crippen LogP contribution in [-0.4, -0.2) is 46.8 Å². The average Bonchev–Trinajstić information content (AvgIpc) is 2.96. The highest BCUT2D eigenvalue weighted by Gasteiger charge is 2.35. The van der Waals surface area contributed by atoms with Crippen LogP contribution in [0.3, 0.4) is 0 Å². The molecule has 1 atom stereocenters. The van der Waals surface area contributed by atoms with E-state index in [-0.39, 0.29) is 29.1 Å². The van der Waals surface area contributed by atoms with E-state index in [0.29, 0.717) is 12.1 Å². The van der Waals surface area contributed by atoms with Gasteiger partial charge in [-0.1, -0.05) is 43.7 Å². The Morgan fingerprint density at radius 2 is 1.72 bits per heavy atom. The molecule has 7 nitrogen and oxygen atoms in total. The number of nitrogens with one attached hydrogen (secondary N) is 1. The quantitative estimate of drug-likeness (QED) is 0.670. The molecule has 0 spiro atoms. The number of carbonyl (C=O) groups is 4. The normalized spacial score (nSPS) is 13.9. The number of carboxylic acids is 1. The van der Waals surface area contributed by atoms with Crippen LogP contribution in [0.25, 0.3) is 0 Å². The summed E-state index contributed by atoms with van der Waals surface area (Å²) in [7, 11) is 0. The largest absolute Gasteiger partial charge is 0.481 e. The van der Waals surface area contributed by atoms with E-state index in [9.17, 15) is 24.3 Å². The molecule has 0 bridgehead atoms. The molecule has 0 fully saturated rings. The van der Waals surface area contributed by atoms with Gasteiger partial charge in [-0.15, -0.1) is 0 Å². The summed E-state index contributed by atoms with van der Waals surface area (Å²) in [5.74, 6) is -3.18. The van der Waals surface area contributed by atoms with Crippen LogP contribution in [0, 0.1) is 0 Å². The summed E-state index contributed by atoms with van der Waals surface area (Å²) in [6.45, 7) is 2.23. The highest BCUT2D eigenvalue weighted by molar-refractivity contribution is 6.22. The fraction of sp³-hybridized carbons (Fsp3) is 0.273. The topological polar surface area (TPSA) is 104 Å². The molecular formula is C22H22N2O5. The van der Waals surface area contributed by atoms with E-state index in [1.165, 1.54) is 23.1 Å². The molecule has 2 aromatic carbocycles. The molecule has 0 saturated carbocycles. The number of imide groups is 1. The van der Waals surface area contributed by atoms with E-state index in [4.69, 9.17) is 0 Å². The number of carboxylic acid groups (broad SMARTS) is 1. The Hall–Kier alpha value is -3.48. The van der Waals surface area contributed by atoms with Gasteiger partial charge in [-0.05, 0) is 30.2 Å². The number of amides is 3. The third kappa shape index (κ3) is 4.18.